The quantitative estimate of drug-likeness (QED) is 0.582. The minimum Gasteiger partial charge on any atom is -0.326 e. The van der Waals surface area contributed by atoms with E-state index in [2.05, 4.69) is 15.6 Å². The van der Waals surface area contributed by atoms with Crippen LogP contribution in [0.5, 0.6) is 0 Å². The van der Waals surface area contributed by atoms with E-state index in [1.54, 1.807) is 35.7 Å². The number of amides is 2. The third kappa shape index (κ3) is 4.90. The third-order valence-corrected chi connectivity index (χ3v) is 5.99. The van der Waals surface area contributed by atoms with Gasteiger partial charge >= 0.3 is 0 Å². The molecule has 1 saturated carbocycles. The maximum Gasteiger partial charge on any atom is 0.255 e. The molecule has 29 heavy (non-hydrogen) atoms. The van der Waals surface area contributed by atoms with E-state index in [1.807, 2.05) is 35.7 Å². The highest BCUT2D eigenvalue weighted by molar-refractivity contribution is 7.13. The number of nitrogens with one attached hydrogen (secondary N) is 2. The molecule has 2 N–H and O–H groups in total. The molecule has 1 aromatic heterocycles. The molecule has 0 spiro atoms. The zero-order valence-corrected chi connectivity index (χ0v) is 16.9. The van der Waals surface area contributed by atoms with Crippen LogP contribution >= 0.6 is 11.3 Å². The van der Waals surface area contributed by atoms with Crippen molar-refractivity contribution in [2.45, 2.75) is 32.1 Å². The summed E-state index contributed by atoms with van der Waals surface area (Å²) in [7, 11) is 0. The van der Waals surface area contributed by atoms with Gasteiger partial charge in [-0.1, -0.05) is 37.5 Å². The number of thiazole rings is 1. The van der Waals surface area contributed by atoms with Crippen molar-refractivity contribution in [1.29, 1.82) is 0 Å². The Bertz CT molecular complexity index is 995. The van der Waals surface area contributed by atoms with Crippen LogP contribution in [0.4, 0.5) is 11.4 Å². The Hall–Kier alpha value is -2.99. The van der Waals surface area contributed by atoms with Crippen LogP contribution in [0.2, 0.25) is 0 Å². The first kappa shape index (κ1) is 19.3. The van der Waals surface area contributed by atoms with E-state index < -0.39 is 0 Å². The number of nitrogens with zero attached hydrogens (tertiary/aromatic N) is 1. The van der Waals surface area contributed by atoms with Gasteiger partial charge in [-0.25, -0.2) is 4.98 Å². The lowest BCUT2D eigenvalue weighted by atomic mass is 9.88. The molecule has 5 nitrogen and oxygen atoms in total. The summed E-state index contributed by atoms with van der Waals surface area (Å²) in [5.41, 5.74) is 2.83. The summed E-state index contributed by atoms with van der Waals surface area (Å²) in [6.45, 7) is 0. The van der Waals surface area contributed by atoms with Crippen LogP contribution in [-0.2, 0) is 4.79 Å². The van der Waals surface area contributed by atoms with Crippen molar-refractivity contribution in [3.05, 3.63) is 65.7 Å². The molecule has 0 atom stereocenters. The molecule has 0 bridgehead atoms. The van der Waals surface area contributed by atoms with Crippen molar-refractivity contribution in [2.24, 2.45) is 5.92 Å². The Kier molecular flexibility index (Phi) is 6.00. The average molecular weight is 406 g/mol. The first-order valence-electron chi connectivity index (χ1n) is 9.91. The van der Waals surface area contributed by atoms with Crippen molar-refractivity contribution >= 4 is 34.5 Å². The topological polar surface area (TPSA) is 71.1 Å². The van der Waals surface area contributed by atoms with Crippen LogP contribution in [-0.4, -0.2) is 16.8 Å². The molecule has 1 aliphatic rings. The average Bonchev–Trinajstić information content (AvgIpc) is 3.30. The van der Waals surface area contributed by atoms with E-state index in [-0.39, 0.29) is 17.7 Å². The molecule has 0 aliphatic heterocycles. The molecule has 4 rings (SSSR count). The van der Waals surface area contributed by atoms with E-state index in [4.69, 9.17) is 0 Å². The number of anilines is 2. The lowest BCUT2D eigenvalue weighted by Gasteiger charge is -2.20. The molecule has 1 fully saturated rings. The Morgan fingerprint density at radius 2 is 1.69 bits per heavy atom. The molecular weight excluding hydrogens is 382 g/mol. The maximum absolute atomic E-state index is 12.7. The Labute approximate surface area is 174 Å². The first-order valence-corrected chi connectivity index (χ1v) is 10.8. The highest BCUT2D eigenvalue weighted by Gasteiger charge is 2.21. The van der Waals surface area contributed by atoms with Gasteiger partial charge < -0.3 is 10.6 Å². The molecule has 148 valence electrons. The predicted molar refractivity (Wildman–Crippen MR) is 117 cm³/mol. The van der Waals surface area contributed by atoms with Gasteiger partial charge in [-0.2, -0.15) is 0 Å². The van der Waals surface area contributed by atoms with Crippen LogP contribution in [0.25, 0.3) is 10.6 Å². The van der Waals surface area contributed by atoms with Gasteiger partial charge in [-0.05, 0) is 43.2 Å². The summed E-state index contributed by atoms with van der Waals surface area (Å²) in [4.78, 5) is 29.5. The van der Waals surface area contributed by atoms with Crippen molar-refractivity contribution in [3.63, 3.8) is 0 Å². The van der Waals surface area contributed by atoms with Gasteiger partial charge in [0.05, 0.1) is 0 Å². The normalized spacial score (nSPS) is 14.3. The van der Waals surface area contributed by atoms with Crippen molar-refractivity contribution < 1.29 is 9.59 Å². The number of carbonyl (C=O) groups is 2. The fraction of sp³-hybridized carbons (Fsp3) is 0.261. The second kappa shape index (κ2) is 9.01. The summed E-state index contributed by atoms with van der Waals surface area (Å²) >= 11 is 1.56. The van der Waals surface area contributed by atoms with E-state index >= 15 is 0 Å². The van der Waals surface area contributed by atoms with Crippen molar-refractivity contribution in [1.82, 2.24) is 4.98 Å². The predicted octanol–water partition coefficient (Wildman–Crippen LogP) is 5.58. The molecule has 3 aromatic rings. The van der Waals surface area contributed by atoms with Gasteiger partial charge in [0, 0.05) is 40.0 Å². The lowest BCUT2D eigenvalue weighted by molar-refractivity contribution is -0.120. The van der Waals surface area contributed by atoms with E-state index in [0.717, 1.165) is 36.3 Å². The Morgan fingerprint density at radius 3 is 2.45 bits per heavy atom. The molecule has 2 amide bonds. The zero-order valence-electron chi connectivity index (χ0n) is 16.1. The van der Waals surface area contributed by atoms with Crippen LogP contribution < -0.4 is 10.6 Å². The van der Waals surface area contributed by atoms with Gasteiger partial charge in [0.1, 0.15) is 5.01 Å². The van der Waals surface area contributed by atoms with E-state index in [1.165, 1.54) is 6.42 Å². The molecule has 6 heteroatoms. The van der Waals surface area contributed by atoms with Crippen molar-refractivity contribution in [3.8, 4) is 10.6 Å². The van der Waals surface area contributed by atoms with E-state index in [9.17, 15) is 9.59 Å². The number of benzene rings is 2. The standard InChI is InChI=1S/C23H23N3O2S/c27-21(16-6-2-1-3-7-16)25-19-10-4-8-17(14-19)22(28)26-20-11-5-9-18(15-20)23-24-12-13-29-23/h4-5,8-16H,1-3,6-7H2,(H,25,27)(H,26,28). The monoisotopic (exact) mass is 405 g/mol. The third-order valence-electron chi connectivity index (χ3n) is 5.17. The molecule has 0 saturated heterocycles. The SMILES string of the molecule is O=C(Nc1cccc(-c2nccs2)c1)c1cccc(NC(=O)C2CCCCC2)c1. The minimum absolute atomic E-state index is 0.0541. The highest BCUT2D eigenvalue weighted by atomic mass is 32.1. The summed E-state index contributed by atoms with van der Waals surface area (Å²) in [5.74, 6) is -0.0803. The minimum atomic E-state index is -0.213. The second-order valence-corrected chi connectivity index (χ2v) is 8.17. The fourth-order valence-corrected chi connectivity index (χ4v) is 4.28. The highest BCUT2D eigenvalue weighted by Crippen LogP contribution is 2.26. The van der Waals surface area contributed by atoms with Gasteiger partial charge in [0.25, 0.3) is 5.91 Å². The smallest absolute Gasteiger partial charge is 0.255 e. The summed E-state index contributed by atoms with van der Waals surface area (Å²) in [5, 5.41) is 8.74. The molecule has 0 radical (unpaired) electrons. The Morgan fingerprint density at radius 1 is 0.931 bits per heavy atom. The fourth-order valence-electron chi connectivity index (χ4n) is 3.65. The van der Waals surface area contributed by atoms with Crippen LogP contribution in [0.15, 0.2) is 60.1 Å². The van der Waals surface area contributed by atoms with Crippen molar-refractivity contribution in [2.75, 3.05) is 10.6 Å². The second-order valence-electron chi connectivity index (χ2n) is 7.28. The molecule has 1 heterocycles. The maximum atomic E-state index is 12.7. The molecular formula is C23H23N3O2S. The number of hydrogen-bond donors (Lipinski definition) is 2. The number of rotatable bonds is 5. The summed E-state index contributed by atoms with van der Waals surface area (Å²) in [6, 6.07) is 14.7. The van der Waals surface area contributed by atoms with Gasteiger partial charge in [-0.3, -0.25) is 9.59 Å². The van der Waals surface area contributed by atoms with Crippen LogP contribution in [0.3, 0.4) is 0 Å². The number of hydrogen-bond acceptors (Lipinski definition) is 4. The Balaban J connectivity index is 1.43. The number of carbonyl (C=O) groups excluding carboxylic acids is 2. The van der Waals surface area contributed by atoms with E-state index in [0.29, 0.717) is 16.9 Å². The molecule has 2 aromatic carbocycles. The number of aromatic nitrogens is 1. The summed E-state index contributed by atoms with van der Waals surface area (Å²) in [6.07, 6.45) is 7.09. The zero-order chi connectivity index (χ0) is 20.1. The van der Waals surface area contributed by atoms with Gasteiger partial charge in [0.2, 0.25) is 5.91 Å². The lowest BCUT2D eigenvalue weighted by Crippen LogP contribution is -2.24. The van der Waals surface area contributed by atoms with Crippen LogP contribution in [0, 0.1) is 5.92 Å². The molecule has 1 aliphatic carbocycles. The largest absolute Gasteiger partial charge is 0.326 e. The van der Waals surface area contributed by atoms with Gasteiger partial charge in [0.15, 0.2) is 0 Å². The van der Waals surface area contributed by atoms with Crippen LogP contribution in [0.1, 0.15) is 42.5 Å². The molecule has 0 unspecified atom stereocenters. The van der Waals surface area contributed by atoms with Gasteiger partial charge in [-0.15, -0.1) is 11.3 Å². The summed E-state index contributed by atoms with van der Waals surface area (Å²) < 4.78 is 0. The first-order chi connectivity index (χ1) is 14.2.